The molecule has 0 bridgehead atoms. The van der Waals surface area contributed by atoms with Crippen molar-refractivity contribution >= 4 is 35.2 Å². The van der Waals surface area contributed by atoms with Crippen LogP contribution in [0.4, 0.5) is 0 Å². The Morgan fingerprint density at radius 2 is 2.13 bits per heavy atom. The van der Waals surface area contributed by atoms with Gasteiger partial charge in [-0.15, -0.1) is 11.8 Å². The van der Waals surface area contributed by atoms with E-state index in [0.717, 1.165) is 11.5 Å². The average Bonchev–Trinajstić information content (AvgIpc) is 2.58. The lowest BCUT2D eigenvalue weighted by Gasteiger charge is -2.01. The highest BCUT2D eigenvalue weighted by Gasteiger charge is 2.23. The molecular formula is C8H9NO4S2. The number of methoxy groups -OCH3 is 1. The second-order valence-corrected chi connectivity index (χ2v) is 4.29. The summed E-state index contributed by atoms with van der Waals surface area (Å²) in [6.07, 6.45) is 1.80. The summed E-state index contributed by atoms with van der Waals surface area (Å²) in [5.74, 6) is -1.05. The third-order valence-corrected chi connectivity index (χ3v) is 3.37. The number of carbonyl (C=O) groups excluding carboxylic acids is 2. The fourth-order valence-corrected chi connectivity index (χ4v) is 2.22. The Balaban J connectivity index is 3.10. The van der Waals surface area contributed by atoms with Crippen LogP contribution in [0, 0.1) is 0 Å². The van der Waals surface area contributed by atoms with Gasteiger partial charge >= 0.3 is 11.9 Å². The van der Waals surface area contributed by atoms with Gasteiger partial charge < -0.3 is 9.47 Å². The molecule has 0 unspecified atom stereocenters. The minimum atomic E-state index is -0.552. The summed E-state index contributed by atoms with van der Waals surface area (Å²) in [5, 5.41) is 0. The molecule has 0 saturated carbocycles. The van der Waals surface area contributed by atoms with Gasteiger partial charge in [0.15, 0.2) is 0 Å². The van der Waals surface area contributed by atoms with Crippen LogP contribution < -0.4 is 4.74 Å². The van der Waals surface area contributed by atoms with E-state index in [1.807, 2.05) is 0 Å². The van der Waals surface area contributed by atoms with E-state index in [4.69, 9.17) is 4.74 Å². The summed E-state index contributed by atoms with van der Waals surface area (Å²) in [7, 11) is 1.27. The Morgan fingerprint density at radius 3 is 2.60 bits per heavy atom. The predicted molar refractivity (Wildman–Crippen MR) is 56.5 cm³/mol. The summed E-state index contributed by atoms with van der Waals surface area (Å²) >= 11 is 2.45. The van der Waals surface area contributed by atoms with E-state index in [1.165, 1.54) is 25.8 Å². The molecule has 1 heterocycles. The number of aromatic nitrogens is 1. The summed E-state index contributed by atoms with van der Waals surface area (Å²) in [5.41, 5.74) is 0.213. The van der Waals surface area contributed by atoms with Gasteiger partial charge in [0, 0.05) is 6.92 Å². The van der Waals surface area contributed by atoms with Crippen LogP contribution >= 0.6 is 23.3 Å². The molecule has 1 rings (SSSR count). The van der Waals surface area contributed by atoms with Crippen LogP contribution in [-0.2, 0) is 9.53 Å². The van der Waals surface area contributed by atoms with Gasteiger partial charge in [0.25, 0.3) is 0 Å². The van der Waals surface area contributed by atoms with Gasteiger partial charge in [-0.25, -0.2) is 4.79 Å². The number of rotatable bonds is 3. The molecule has 0 fully saturated rings. The number of thioether (sulfide) groups is 1. The van der Waals surface area contributed by atoms with Crippen molar-refractivity contribution in [1.29, 1.82) is 0 Å². The van der Waals surface area contributed by atoms with Crippen molar-refractivity contribution in [3.8, 4) is 5.88 Å². The van der Waals surface area contributed by atoms with E-state index in [-0.39, 0.29) is 11.4 Å². The topological polar surface area (TPSA) is 65.5 Å². The molecule has 0 aliphatic carbocycles. The van der Waals surface area contributed by atoms with Gasteiger partial charge in [0.05, 0.1) is 11.3 Å². The first-order chi connectivity index (χ1) is 7.10. The molecule has 0 N–H and O–H groups in total. The lowest BCUT2D eigenvalue weighted by molar-refractivity contribution is -0.132. The summed E-state index contributed by atoms with van der Waals surface area (Å²) in [4.78, 5) is 22.2. The van der Waals surface area contributed by atoms with E-state index in [1.54, 1.807) is 6.26 Å². The van der Waals surface area contributed by atoms with Crippen molar-refractivity contribution in [3.05, 3.63) is 5.56 Å². The zero-order valence-electron chi connectivity index (χ0n) is 8.40. The van der Waals surface area contributed by atoms with Crippen LogP contribution in [0.3, 0.4) is 0 Å². The smallest absolute Gasteiger partial charge is 0.345 e. The van der Waals surface area contributed by atoms with Crippen molar-refractivity contribution in [2.75, 3.05) is 13.4 Å². The lowest BCUT2D eigenvalue weighted by Crippen LogP contribution is -2.08. The Hall–Kier alpha value is -1.08. The lowest BCUT2D eigenvalue weighted by atomic mass is 10.3. The standard InChI is InChI=1S/C8H9NO4S2/c1-4(10)13-6-5(7(11)12-2)8(14-3)15-9-6/h1-3H3. The van der Waals surface area contributed by atoms with Gasteiger partial charge in [-0.1, -0.05) is 0 Å². The van der Waals surface area contributed by atoms with Gasteiger partial charge in [0.1, 0.15) is 5.56 Å². The number of ether oxygens (including phenoxy) is 2. The van der Waals surface area contributed by atoms with E-state index >= 15 is 0 Å². The molecule has 0 atom stereocenters. The highest BCUT2D eigenvalue weighted by molar-refractivity contribution is 8.00. The van der Waals surface area contributed by atoms with Gasteiger partial charge in [-0.3, -0.25) is 4.79 Å². The quantitative estimate of drug-likeness (QED) is 0.596. The zero-order chi connectivity index (χ0) is 11.4. The Morgan fingerprint density at radius 1 is 1.47 bits per heavy atom. The number of esters is 2. The van der Waals surface area contributed by atoms with Crippen LogP contribution in [-0.4, -0.2) is 29.7 Å². The molecule has 7 heteroatoms. The summed E-state index contributed by atoms with van der Waals surface area (Å²) in [6, 6.07) is 0. The molecule has 0 amide bonds. The molecule has 0 spiro atoms. The Kier molecular flexibility index (Phi) is 4.10. The molecule has 82 valence electrons. The Bertz CT molecular complexity index is 388. The minimum absolute atomic E-state index is 0.0173. The molecule has 0 aliphatic rings. The molecule has 0 saturated heterocycles. The number of hydrogen-bond donors (Lipinski definition) is 0. The van der Waals surface area contributed by atoms with Crippen LogP contribution in [0.1, 0.15) is 17.3 Å². The van der Waals surface area contributed by atoms with Crippen molar-refractivity contribution in [2.45, 2.75) is 11.1 Å². The van der Waals surface area contributed by atoms with Crippen molar-refractivity contribution in [1.82, 2.24) is 4.37 Å². The molecule has 1 aromatic rings. The maximum atomic E-state index is 11.4. The number of carbonyl (C=O) groups is 2. The van der Waals surface area contributed by atoms with Crippen LogP contribution in [0.15, 0.2) is 4.21 Å². The fourth-order valence-electron chi connectivity index (χ4n) is 0.879. The molecule has 15 heavy (non-hydrogen) atoms. The third kappa shape index (κ3) is 2.69. The number of hydrogen-bond acceptors (Lipinski definition) is 7. The van der Waals surface area contributed by atoms with E-state index in [9.17, 15) is 9.59 Å². The maximum absolute atomic E-state index is 11.4. The van der Waals surface area contributed by atoms with Crippen molar-refractivity contribution < 1.29 is 19.1 Å². The first-order valence-electron chi connectivity index (χ1n) is 3.90. The van der Waals surface area contributed by atoms with E-state index < -0.39 is 11.9 Å². The summed E-state index contributed by atoms with van der Waals surface area (Å²) < 4.78 is 13.9. The third-order valence-electron chi connectivity index (χ3n) is 1.44. The number of nitrogens with zero attached hydrogens (tertiary/aromatic N) is 1. The second kappa shape index (κ2) is 5.13. The molecule has 0 radical (unpaired) electrons. The molecule has 0 aromatic carbocycles. The van der Waals surface area contributed by atoms with Gasteiger partial charge in [0.2, 0.25) is 5.88 Å². The highest BCUT2D eigenvalue weighted by atomic mass is 32.2. The monoisotopic (exact) mass is 247 g/mol. The highest BCUT2D eigenvalue weighted by Crippen LogP contribution is 2.33. The SMILES string of the molecule is COC(=O)c1c(OC(C)=O)nsc1SC. The van der Waals surface area contributed by atoms with E-state index in [0.29, 0.717) is 4.21 Å². The minimum Gasteiger partial charge on any atom is -0.465 e. The van der Waals surface area contributed by atoms with Crippen molar-refractivity contribution in [3.63, 3.8) is 0 Å². The first-order valence-corrected chi connectivity index (χ1v) is 5.90. The van der Waals surface area contributed by atoms with Crippen LogP contribution in [0.25, 0.3) is 0 Å². The van der Waals surface area contributed by atoms with Gasteiger partial charge in [-0.05, 0) is 17.8 Å². The van der Waals surface area contributed by atoms with E-state index in [2.05, 4.69) is 9.11 Å². The molecule has 5 nitrogen and oxygen atoms in total. The first kappa shape index (κ1) is 12.0. The van der Waals surface area contributed by atoms with Gasteiger partial charge in [-0.2, -0.15) is 4.37 Å². The second-order valence-electron chi connectivity index (χ2n) is 2.44. The largest absolute Gasteiger partial charge is 0.465 e. The zero-order valence-corrected chi connectivity index (χ0v) is 10.0. The molecule has 1 aromatic heterocycles. The van der Waals surface area contributed by atoms with Crippen LogP contribution in [0.2, 0.25) is 0 Å². The summed E-state index contributed by atoms with van der Waals surface area (Å²) in [6.45, 7) is 1.25. The molecule has 0 aliphatic heterocycles. The maximum Gasteiger partial charge on any atom is 0.345 e. The van der Waals surface area contributed by atoms with Crippen LogP contribution in [0.5, 0.6) is 5.88 Å². The van der Waals surface area contributed by atoms with Crippen molar-refractivity contribution in [2.24, 2.45) is 0 Å². The molecular weight excluding hydrogens is 238 g/mol. The fraction of sp³-hybridized carbons (Fsp3) is 0.375. The normalized spacial score (nSPS) is 9.80. The average molecular weight is 247 g/mol. The predicted octanol–water partition coefficient (Wildman–Crippen LogP) is 1.58. The Labute approximate surface area is 94.9 Å².